The first kappa shape index (κ1) is 13.0. The van der Waals surface area contributed by atoms with E-state index >= 15 is 0 Å². The normalized spacial score (nSPS) is 11.6. The van der Waals surface area contributed by atoms with Gasteiger partial charge in [0, 0.05) is 10.9 Å². The molecule has 0 saturated carbocycles. The van der Waals surface area contributed by atoms with E-state index in [-0.39, 0.29) is 5.41 Å². The predicted molar refractivity (Wildman–Crippen MR) is 79.4 cm³/mol. The molecule has 0 fully saturated rings. The zero-order chi connectivity index (χ0) is 13.3. The second kappa shape index (κ2) is 4.65. The van der Waals surface area contributed by atoms with Crippen molar-refractivity contribution in [3.05, 3.63) is 35.2 Å². The Hall–Kier alpha value is -1.48. The van der Waals surface area contributed by atoms with E-state index in [1.165, 1.54) is 16.7 Å². The maximum absolute atomic E-state index is 5.79. The number of nitrogen functional groups attached to an aromatic ring is 1. The molecule has 2 aromatic rings. The average molecular weight is 261 g/mol. The Labute approximate surface area is 112 Å². The van der Waals surface area contributed by atoms with Crippen molar-refractivity contribution >= 4 is 16.3 Å². The van der Waals surface area contributed by atoms with Gasteiger partial charge < -0.3 is 10.5 Å². The molecule has 3 heteroatoms. The van der Waals surface area contributed by atoms with Gasteiger partial charge in [-0.15, -0.1) is 11.3 Å². The zero-order valence-corrected chi connectivity index (χ0v) is 12.1. The lowest BCUT2D eigenvalue weighted by atomic mass is 9.85. The van der Waals surface area contributed by atoms with Crippen molar-refractivity contribution < 1.29 is 4.74 Å². The van der Waals surface area contributed by atoms with E-state index in [0.717, 1.165) is 10.8 Å². The summed E-state index contributed by atoms with van der Waals surface area (Å²) in [7, 11) is 1.72. The van der Waals surface area contributed by atoms with Crippen LogP contribution >= 0.6 is 11.3 Å². The van der Waals surface area contributed by atoms with Crippen molar-refractivity contribution in [3.63, 3.8) is 0 Å². The molecule has 0 amide bonds. The highest BCUT2D eigenvalue weighted by atomic mass is 32.1. The maximum Gasteiger partial charge on any atom is 0.122 e. The van der Waals surface area contributed by atoms with Crippen molar-refractivity contribution in [1.82, 2.24) is 0 Å². The van der Waals surface area contributed by atoms with E-state index in [1.54, 1.807) is 18.4 Å². The fourth-order valence-corrected chi connectivity index (χ4v) is 2.64. The number of hydrogen-bond acceptors (Lipinski definition) is 3. The highest BCUT2D eigenvalue weighted by Crippen LogP contribution is 2.36. The summed E-state index contributed by atoms with van der Waals surface area (Å²) in [4.78, 5) is 0. The third kappa shape index (κ3) is 2.51. The molecule has 1 aromatic heterocycles. The molecule has 96 valence electrons. The van der Waals surface area contributed by atoms with Crippen LogP contribution in [-0.2, 0) is 5.41 Å². The van der Waals surface area contributed by atoms with Crippen LogP contribution in [0.2, 0.25) is 0 Å². The van der Waals surface area contributed by atoms with Gasteiger partial charge >= 0.3 is 0 Å². The zero-order valence-electron chi connectivity index (χ0n) is 11.3. The Kier molecular flexibility index (Phi) is 3.35. The van der Waals surface area contributed by atoms with Gasteiger partial charge in [-0.05, 0) is 34.7 Å². The van der Waals surface area contributed by atoms with E-state index < -0.39 is 0 Å². The molecule has 1 heterocycles. The molecule has 0 unspecified atom stereocenters. The lowest BCUT2D eigenvalue weighted by Crippen LogP contribution is -2.12. The summed E-state index contributed by atoms with van der Waals surface area (Å²) < 4.78 is 5.45. The van der Waals surface area contributed by atoms with Gasteiger partial charge in [-0.25, -0.2) is 0 Å². The van der Waals surface area contributed by atoms with Crippen LogP contribution in [0.3, 0.4) is 0 Å². The van der Waals surface area contributed by atoms with Crippen LogP contribution in [0, 0.1) is 0 Å². The van der Waals surface area contributed by atoms with Crippen molar-refractivity contribution in [2.45, 2.75) is 26.2 Å². The van der Waals surface area contributed by atoms with E-state index in [2.05, 4.69) is 38.3 Å². The second-order valence-electron chi connectivity index (χ2n) is 5.40. The fraction of sp³-hybridized carbons (Fsp3) is 0.333. The van der Waals surface area contributed by atoms with Crippen LogP contribution in [0.5, 0.6) is 5.75 Å². The number of ether oxygens (including phenoxy) is 1. The smallest absolute Gasteiger partial charge is 0.122 e. The van der Waals surface area contributed by atoms with Crippen LogP contribution in [0.15, 0.2) is 29.6 Å². The van der Waals surface area contributed by atoms with Gasteiger partial charge in [-0.1, -0.05) is 26.8 Å². The van der Waals surface area contributed by atoms with Crippen molar-refractivity contribution in [1.29, 1.82) is 0 Å². The van der Waals surface area contributed by atoms with Crippen LogP contribution in [-0.4, -0.2) is 7.11 Å². The van der Waals surface area contributed by atoms with Crippen molar-refractivity contribution in [2.75, 3.05) is 12.8 Å². The molecule has 0 aliphatic rings. The van der Waals surface area contributed by atoms with E-state index in [1.807, 2.05) is 12.1 Å². The SMILES string of the molecule is COc1ccc(-c2csc(N)c2)cc1C(C)(C)C. The van der Waals surface area contributed by atoms with Gasteiger partial charge in [-0.2, -0.15) is 0 Å². The lowest BCUT2D eigenvalue weighted by molar-refractivity contribution is 0.397. The average Bonchev–Trinajstić information content (AvgIpc) is 2.74. The highest BCUT2D eigenvalue weighted by Gasteiger charge is 2.19. The van der Waals surface area contributed by atoms with Gasteiger partial charge in [-0.3, -0.25) is 0 Å². The molecule has 1 aromatic carbocycles. The minimum atomic E-state index is 0.0585. The molecule has 2 nitrogen and oxygen atoms in total. The monoisotopic (exact) mass is 261 g/mol. The Morgan fingerprint density at radius 2 is 1.83 bits per heavy atom. The number of methoxy groups -OCH3 is 1. The number of benzene rings is 1. The summed E-state index contributed by atoms with van der Waals surface area (Å²) >= 11 is 1.57. The van der Waals surface area contributed by atoms with Crippen molar-refractivity contribution in [3.8, 4) is 16.9 Å². The van der Waals surface area contributed by atoms with Crippen LogP contribution in [0.1, 0.15) is 26.3 Å². The van der Waals surface area contributed by atoms with Gasteiger partial charge in [0.25, 0.3) is 0 Å². The summed E-state index contributed by atoms with van der Waals surface area (Å²) in [6.45, 7) is 6.57. The third-order valence-electron chi connectivity index (χ3n) is 2.96. The molecule has 0 bridgehead atoms. The first-order valence-electron chi connectivity index (χ1n) is 5.94. The highest BCUT2D eigenvalue weighted by molar-refractivity contribution is 7.14. The number of thiophene rings is 1. The number of anilines is 1. The minimum absolute atomic E-state index is 0.0585. The molecule has 2 N–H and O–H groups in total. The van der Waals surface area contributed by atoms with Gasteiger partial charge in [0.05, 0.1) is 12.1 Å². The molecule has 0 radical (unpaired) electrons. The Morgan fingerprint density at radius 1 is 1.11 bits per heavy atom. The van der Waals surface area contributed by atoms with Crippen LogP contribution in [0.25, 0.3) is 11.1 Å². The van der Waals surface area contributed by atoms with Gasteiger partial charge in [0.2, 0.25) is 0 Å². The molecule has 0 aliphatic carbocycles. The molecule has 0 spiro atoms. The maximum atomic E-state index is 5.79. The third-order valence-corrected chi connectivity index (χ3v) is 3.72. The molecule has 18 heavy (non-hydrogen) atoms. The number of hydrogen-bond donors (Lipinski definition) is 1. The summed E-state index contributed by atoms with van der Waals surface area (Å²) in [5.74, 6) is 0.939. The standard InChI is InChI=1S/C15H19NOS/c1-15(2,3)12-7-10(5-6-13(12)17-4)11-8-14(16)18-9-11/h5-9H,16H2,1-4H3. The largest absolute Gasteiger partial charge is 0.496 e. The first-order valence-corrected chi connectivity index (χ1v) is 6.82. The molecule has 2 rings (SSSR count). The van der Waals surface area contributed by atoms with Gasteiger partial charge in [0.1, 0.15) is 5.75 Å². The Morgan fingerprint density at radius 3 is 2.33 bits per heavy atom. The number of nitrogens with two attached hydrogens (primary N) is 1. The second-order valence-corrected chi connectivity index (χ2v) is 6.35. The summed E-state index contributed by atoms with van der Waals surface area (Å²) in [5.41, 5.74) is 9.42. The van der Waals surface area contributed by atoms with Crippen LogP contribution < -0.4 is 10.5 Å². The summed E-state index contributed by atoms with van der Waals surface area (Å²) in [6, 6.07) is 8.32. The molecular formula is C15H19NOS. The lowest BCUT2D eigenvalue weighted by Gasteiger charge is -2.22. The predicted octanol–water partition coefficient (Wildman–Crippen LogP) is 4.30. The quantitative estimate of drug-likeness (QED) is 0.874. The first-order chi connectivity index (χ1) is 8.41. The van der Waals surface area contributed by atoms with Crippen molar-refractivity contribution in [2.24, 2.45) is 0 Å². The fourth-order valence-electron chi connectivity index (χ4n) is 1.98. The molecule has 0 aliphatic heterocycles. The molecular weight excluding hydrogens is 242 g/mol. The molecule has 0 atom stereocenters. The minimum Gasteiger partial charge on any atom is -0.496 e. The Balaban J connectivity index is 2.52. The number of rotatable bonds is 2. The van der Waals surface area contributed by atoms with Crippen LogP contribution in [0.4, 0.5) is 5.00 Å². The molecule has 0 saturated heterocycles. The van der Waals surface area contributed by atoms with Gasteiger partial charge in [0.15, 0.2) is 0 Å². The summed E-state index contributed by atoms with van der Waals surface area (Å²) in [5, 5.41) is 2.93. The van der Waals surface area contributed by atoms with E-state index in [0.29, 0.717) is 0 Å². The summed E-state index contributed by atoms with van der Waals surface area (Å²) in [6.07, 6.45) is 0. The van der Waals surface area contributed by atoms with E-state index in [9.17, 15) is 0 Å². The topological polar surface area (TPSA) is 35.2 Å². The van der Waals surface area contributed by atoms with E-state index in [4.69, 9.17) is 10.5 Å². The Bertz CT molecular complexity index is 552.